The van der Waals surface area contributed by atoms with E-state index in [4.69, 9.17) is 5.21 Å². The predicted molar refractivity (Wildman–Crippen MR) is 88.8 cm³/mol. The van der Waals surface area contributed by atoms with Crippen molar-refractivity contribution in [2.75, 3.05) is 16.9 Å². The highest BCUT2D eigenvalue weighted by molar-refractivity contribution is 9.10. The van der Waals surface area contributed by atoms with Crippen molar-refractivity contribution >= 4 is 44.6 Å². The summed E-state index contributed by atoms with van der Waals surface area (Å²) in [4.78, 5) is 21.8. The fourth-order valence-electron chi connectivity index (χ4n) is 2.03. The first-order chi connectivity index (χ1) is 11.2. The number of hydrogen-bond donors (Lipinski definition) is 2. The van der Waals surface area contributed by atoms with Crippen molar-refractivity contribution in [3.63, 3.8) is 0 Å². The zero-order valence-electron chi connectivity index (χ0n) is 11.7. The molecule has 1 aliphatic rings. The van der Waals surface area contributed by atoms with Crippen LogP contribution >= 0.6 is 15.9 Å². The van der Waals surface area contributed by atoms with Gasteiger partial charge in [0, 0.05) is 6.20 Å². The number of nitrogens with zero attached hydrogens (tertiary/aromatic N) is 5. The molecule has 1 saturated heterocycles. The summed E-state index contributed by atoms with van der Waals surface area (Å²) in [5.74, 6) is -0.435. The van der Waals surface area contributed by atoms with Gasteiger partial charge in [-0.2, -0.15) is 5.10 Å². The summed E-state index contributed by atoms with van der Waals surface area (Å²) in [5.41, 5.74) is 4.26. The number of rotatable bonds is 3. The number of carbonyl (C=O) groups is 1. The summed E-state index contributed by atoms with van der Waals surface area (Å²) in [6, 6.07) is 6.99. The lowest BCUT2D eigenvalue weighted by Gasteiger charge is -2.12. The van der Waals surface area contributed by atoms with Crippen LogP contribution in [-0.2, 0) is 4.79 Å². The van der Waals surface area contributed by atoms with Crippen LogP contribution in [0, 0.1) is 0 Å². The Labute approximate surface area is 139 Å². The first kappa shape index (κ1) is 15.1. The van der Waals surface area contributed by atoms with Gasteiger partial charge in [0.15, 0.2) is 5.71 Å². The minimum Gasteiger partial charge on any atom is -0.410 e. The standard InChI is InChI=1S/C14H11BrN6O2/c15-12-4-3-9(6-17-12)18-19-11-8-21(14(22)13(11)20-23)10-2-1-5-16-7-10/h1-7,18,23H,8H2. The second-order valence-electron chi connectivity index (χ2n) is 4.59. The summed E-state index contributed by atoms with van der Waals surface area (Å²) >= 11 is 3.24. The maximum Gasteiger partial charge on any atom is 0.282 e. The van der Waals surface area contributed by atoms with Gasteiger partial charge in [-0.15, -0.1) is 0 Å². The summed E-state index contributed by atoms with van der Waals surface area (Å²) < 4.78 is 0.701. The van der Waals surface area contributed by atoms with E-state index in [1.165, 1.54) is 4.90 Å². The van der Waals surface area contributed by atoms with Crippen LogP contribution < -0.4 is 10.3 Å². The maximum absolute atomic E-state index is 12.3. The summed E-state index contributed by atoms with van der Waals surface area (Å²) in [7, 11) is 0. The lowest BCUT2D eigenvalue weighted by molar-refractivity contribution is -0.112. The molecule has 0 radical (unpaired) electrons. The van der Waals surface area contributed by atoms with Gasteiger partial charge in [0.1, 0.15) is 10.3 Å². The molecule has 0 bridgehead atoms. The first-order valence-corrected chi connectivity index (χ1v) is 7.37. The van der Waals surface area contributed by atoms with Crippen molar-refractivity contribution in [3.8, 4) is 0 Å². The smallest absolute Gasteiger partial charge is 0.282 e. The summed E-state index contributed by atoms with van der Waals surface area (Å²) in [6.45, 7) is 0.181. The number of hydrazone groups is 1. The van der Waals surface area contributed by atoms with E-state index >= 15 is 0 Å². The highest BCUT2D eigenvalue weighted by atomic mass is 79.9. The van der Waals surface area contributed by atoms with E-state index in [0.29, 0.717) is 21.7 Å². The van der Waals surface area contributed by atoms with Crippen molar-refractivity contribution in [1.82, 2.24) is 9.97 Å². The van der Waals surface area contributed by atoms with Gasteiger partial charge in [-0.3, -0.25) is 20.1 Å². The summed E-state index contributed by atoms with van der Waals surface area (Å²) in [5, 5.41) is 16.3. The number of aromatic nitrogens is 2. The van der Waals surface area contributed by atoms with Gasteiger partial charge < -0.3 is 5.21 Å². The van der Waals surface area contributed by atoms with Crippen LogP contribution in [0.1, 0.15) is 0 Å². The molecule has 1 aliphatic heterocycles. The van der Waals surface area contributed by atoms with Gasteiger partial charge in [-0.1, -0.05) is 5.16 Å². The van der Waals surface area contributed by atoms with Crippen LogP contribution in [0.2, 0.25) is 0 Å². The van der Waals surface area contributed by atoms with Gasteiger partial charge in [-0.25, -0.2) is 4.98 Å². The Balaban J connectivity index is 1.83. The highest BCUT2D eigenvalue weighted by Gasteiger charge is 2.35. The molecule has 2 aromatic heterocycles. The number of nitrogens with one attached hydrogen (secondary N) is 1. The number of halogens is 1. The van der Waals surface area contributed by atoms with Crippen molar-refractivity contribution in [3.05, 3.63) is 47.5 Å². The van der Waals surface area contributed by atoms with E-state index in [9.17, 15) is 4.79 Å². The number of carbonyl (C=O) groups excluding carboxylic acids is 1. The van der Waals surface area contributed by atoms with E-state index < -0.39 is 5.91 Å². The molecule has 0 unspecified atom stereocenters. The van der Waals surface area contributed by atoms with E-state index in [-0.39, 0.29) is 12.3 Å². The zero-order valence-corrected chi connectivity index (χ0v) is 13.3. The molecular weight excluding hydrogens is 364 g/mol. The Hall–Kier alpha value is -2.81. The number of amides is 1. The molecular formula is C14H11BrN6O2. The molecule has 1 fully saturated rings. The minimum atomic E-state index is -0.435. The third-order valence-electron chi connectivity index (χ3n) is 3.13. The van der Waals surface area contributed by atoms with E-state index in [1.807, 2.05) is 0 Å². The molecule has 116 valence electrons. The topological polar surface area (TPSA) is 103 Å². The van der Waals surface area contributed by atoms with Crippen LogP contribution in [0.4, 0.5) is 11.4 Å². The van der Waals surface area contributed by atoms with Gasteiger partial charge in [-0.05, 0) is 40.2 Å². The number of oxime groups is 1. The Morgan fingerprint density at radius 1 is 1.30 bits per heavy atom. The van der Waals surface area contributed by atoms with E-state index in [1.54, 1.807) is 42.9 Å². The van der Waals surface area contributed by atoms with Crippen LogP contribution in [0.5, 0.6) is 0 Å². The molecule has 0 atom stereocenters. The molecule has 0 saturated carbocycles. The van der Waals surface area contributed by atoms with E-state index in [0.717, 1.165) is 0 Å². The molecule has 3 heterocycles. The lowest BCUT2D eigenvalue weighted by atomic mass is 10.3. The molecule has 3 rings (SSSR count). The Morgan fingerprint density at radius 3 is 2.83 bits per heavy atom. The average Bonchev–Trinajstić information content (AvgIpc) is 2.91. The number of hydrogen-bond acceptors (Lipinski definition) is 7. The second-order valence-corrected chi connectivity index (χ2v) is 5.40. The van der Waals surface area contributed by atoms with Gasteiger partial charge in [0.05, 0.1) is 30.3 Å². The van der Waals surface area contributed by atoms with Gasteiger partial charge >= 0.3 is 0 Å². The minimum absolute atomic E-state index is 0.105. The first-order valence-electron chi connectivity index (χ1n) is 6.57. The molecule has 1 amide bonds. The highest BCUT2D eigenvalue weighted by Crippen LogP contribution is 2.18. The van der Waals surface area contributed by atoms with E-state index in [2.05, 4.69) is 41.6 Å². The third kappa shape index (κ3) is 3.19. The predicted octanol–water partition coefficient (Wildman–Crippen LogP) is 1.88. The molecule has 2 N–H and O–H groups in total. The van der Waals surface area contributed by atoms with Crippen molar-refractivity contribution in [2.45, 2.75) is 0 Å². The molecule has 23 heavy (non-hydrogen) atoms. The van der Waals surface area contributed by atoms with Crippen molar-refractivity contribution in [2.24, 2.45) is 10.3 Å². The SMILES string of the molecule is O=C1C(=NO)C(=NNc2ccc(Br)nc2)CN1c1cccnc1. The molecule has 0 spiro atoms. The van der Waals surface area contributed by atoms with Crippen LogP contribution in [-0.4, -0.2) is 39.1 Å². The Morgan fingerprint density at radius 2 is 2.17 bits per heavy atom. The molecule has 8 nitrogen and oxygen atoms in total. The molecule has 9 heteroatoms. The monoisotopic (exact) mass is 374 g/mol. The average molecular weight is 375 g/mol. The Kier molecular flexibility index (Phi) is 4.29. The van der Waals surface area contributed by atoms with Crippen LogP contribution in [0.25, 0.3) is 0 Å². The second kappa shape index (κ2) is 6.53. The third-order valence-corrected chi connectivity index (χ3v) is 3.60. The fraction of sp³-hybridized carbons (Fsp3) is 0.0714. The zero-order chi connectivity index (χ0) is 16.2. The van der Waals surface area contributed by atoms with Gasteiger partial charge in [0.25, 0.3) is 5.91 Å². The lowest BCUT2D eigenvalue weighted by Crippen LogP contribution is -2.27. The maximum atomic E-state index is 12.3. The van der Waals surface area contributed by atoms with Gasteiger partial charge in [0.2, 0.25) is 0 Å². The Bertz CT molecular complexity index is 776. The van der Waals surface area contributed by atoms with Crippen LogP contribution in [0.15, 0.2) is 57.7 Å². The number of pyridine rings is 2. The van der Waals surface area contributed by atoms with Crippen molar-refractivity contribution in [1.29, 1.82) is 0 Å². The molecule has 0 aromatic carbocycles. The summed E-state index contributed by atoms with van der Waals surface area (Å²) in [6.07, 6.45) is 4.75. The van der Waals surface area contributed by atoms with Crippen LogP contribution in [0.3, 0.4) is 0 Å². The molecule has 0 aliphatic carbocycles. The number of anilines is 2. The fourth-order valence-corrected chi connectivity index (χ4v) is 2.27. The molecule has 2 aromatic rings. The van der Waals surface area contributed by atoms with Crippen molar-refractivity contribution < 1.29 is 10.0 Å². The normalized spacial score (nSPS) is 18.0. The largest absolute Gasteiger partial charge is 0.410 e. The quantitative estimate of drug-likeness (QED) is 0.485.